The minimum atomic E-state index is -0.983. The van der Waals surface area contributed by atoms with Gasteiger partial charge < -0.3 is 24.8 Å². The summed E-state index contributed by atoms with van der Waals surface area (Å²) in [7, 11) is 0. The highest BCUT2D eigenvalue weighted by Gasteiger charge is 2.19. The number of anilines is 2. The van der Waals surface area contributed by atoms with Gasteiger partial charge in [-0.15, -0.1) is 0 Å². The molecule has 10 heteroatoms. The lowest BCUT2D eigenvalue weighted by molar-refractivity contribution is -0.384. The Kier molecular flexibility index (Phi) is 7.26. The number of hydrogen-bond acceptors (Lipinski definition) is 8. The standard InChI is InChI=1S/C21H23N3O7/c1-14(21(26)23-15-8-9-18-19(13-15)30-12-11-29-18)31-20(25)7-4-10-22-16-5-2-3-6-17(16)24(27)28/h2-3,5-6,8-9,13-14,22H,4,7,10-12H2,1H3,(H,23,26)/t14-/m0/s1. The third-order valence-corrected chi connectivity index (χ3v) is 4.46. The van der Waals surface area contributed by atoms with Crippen molar-refractivity contribution in [1.82, 2.24) is 0 Å². The third kappa shape index (κ3) is 6.08. The average Bonchev–Trinajstić information content (AvgIpc) is 2.76. The number of ether oxygens (including phenoxy) is 3. The van der Waals surface area contributed by atoms with Crippen molar-refractivity contribution < 1.29 is 28.7 Å². The van der Waals surface area contributed by atoms with Crippen LogP contribution in [-0.2, 0) is 14.3 Å². The maximum Gasteiger partial charge on any atom is 0.306 e. The second-order valence-corrected chi connectivity index (χ2v) is 6.78. The summed E-state index contributed by atoms with van der Waals surface area (Å²) in [5.41, 5.74) is 0.855. The van der Waals surface area contributed by atoms with E-state index in [1.807, 2.05) is 0 Å². The monoisotopic (exact) mass is 429 g/mol. The van der Waals surface area contributed by atoms with Crippen molar-refractivity contribution in [2.24, 2.45) is 0 Å². The van der Waals surface area contributed by atoms with E-state index in [4.69, 9.17) is 14.2 Å². The molecule has 0 radical (unpaired) electrons. The van der Waals surface area contributed by atoms with Crippen molar-refractivity contribution in [3.8, 4) is 11.5 Å². The Morgan fingerprint density at radius 1 is 1.16 bits per heavy atom. The first-order valence-corrected chi connectivity index (χ1v) is 9.81. The fourth-order valence-corrected chi connectivity index (χ4v) is 2.91. The molecule has 0 aliphatic carbocycles. The molecule has 1 atom stereocenters. The van der Waals surface area contributed by atoms with Gasteiger partial charge in [0.1, 0.15) is 18.9 Å². The number of benzene rings is 2. The van der Waals surface area contributed by atoms with Crippen LogP contribution in [0.3, 0.4) is 0 Å². The van der Waals surface area contributed by atoms with Crippen LogP contribution >= 0.6 is 0 Å². The van der Waals surface area contributed by atoms with Gasteiger partial charge in [0.05, 0.1) is 4.92 Å². The Morgan fingerprint density at radius 2 is 1.90 bits per heavy atom. The summed E-state index contributed by atoms with van der Waals surface area (Å²) in [5.74, 6) is 0.148. The van der Waals surface area contributed by atoms with Crippen molar-refractivity contribution in [2.45, 2.75) is 25.9 Å². The van der Waals surface area contributed by atoms with Crippen molar-refractivity contribution >= 4 is 28.9 Å². The second kappa shape index (κ2) is 10.3. The lowest BCUT2D eigenvalue weighted by Crippen LogP contribution is -2.30. The highest BCUT2D eigenvalue weighted by atomic mass is 16.6. The van der Waals surface area contributed by atoms with Gasteiger partial charge in [-0.25, -0.2) is 0 Å². The summed E-state index contributed by atoms with van der Waals surface area (Å²) < 4.78 is 16.1. The first kappa shape index (κ1) is 21.9. The van der Waals surface area contributed by atoms with E-state index < -0.39 is 22.9 Å². The van der Waals surface area contributed by atoms with Gasteiger partial charge in [-0.3, -0.25) is 19.7 Å². The SMILES string of the molecule is C[C@H](OC(=O)CCCNc1ccccc1[N+](=O)[O-])C(=O)Nc1ccc2c(c1)OCCO2. The Labute approximate surface area is 178 Å². The third-order valence-electron chi connectivity index (χ3n) is 4.46. The molecule has 1 amide bonds. The zero-order valence-corrected chi connectivity index (χ0v) is 17.0. The zero-order chi connectivity index (χ0) is 22.2. The van der Waals surface area contributed by atoms with E-state index in [1.54, 1.807) is 36.4 Å². The minimum absolute atomic E-state index is 0.0329. The summed E-state index contributed by atoms with van der Waals surface area (Å²) in [4.78, 5) is 34.8. The summed E-state index contributed by atoms with van der Waals surface area (Å²) in [6.45, 7) is 2.74. The fourth-order valence-electron chi connectivity index (χ4n) is 2.91. The summed E-state index contributed by atoms with van der Waals surface area (Å²) >= 11 is 0. The van der Waals surface area contributed by atoms with E-state index in [0.717, 1.165) is 0 Å². The Morgan fingerprint density at radius 3 is 2.68 bits per heavy atom. The van der Waals surface area contributed by atoms with E-state index in [-0.39, 0.29) is 12.1 Å². The van der Waals surface area contributed by atoms with Gasteiger partial charge in [-0.05, 0) is 31.5 Å². The summed E-state index contributed by atoms with van der Waals surface area (Å²) in [6.07, 6.45) is -0.528. The number of nitrogens with zero attached hydrogens (tertiary/aromatic N) is 1. The molecule has 10 nitrogen and oxygen atoms in total. The molecule has 31 heavy (non-hydrogen) atoms. The Bertz CT molecular complexity index is 964. The number of carbonyl (C=O) groups excluding carboxylic acids is 2. The summed E-state index contributed by atoms with van der Waals surface area (Å²) in [5, 5.41) is 16.6. The molecule has 0 spiro atoms. The van der Waals surface area contributed by atoms with Crippen LogP contribution in [0.25, 0.3) is 0 Å². The first-order valence-electron chi connectivity index (χ1n) is 9.81. The van der Waals surface area contributed by atoms with Gasteiger partial charge in [-0.1, -0.05) is 12.1 Å². The number of esters is 1. The fraction of sp³-hybridized carbons (Fsp3) is 0.333. The van der Waals surface area contributed by atoms with E-state index >= 15 is 0 Å². The molecule has 164 valence electrons. The average molecular weight is 429 g/mol. The largest absolute Gasteiger partial charge is 0.486 e. The molecule has 2 aromatic rings. The van der Waals surface area contributed by atoms with Gasteiger partial charge in [0.15, 0.2) is 17.6 Å². The van der Waals surface area contributed by atoms with Gasteiger partial charge in [0.2, 0.25) is 0 Å². The van der Waals surface area contributed by atoms with Gasteiger partial charge in [-0.2, -0.15) is 0 Å². The number of nitro groups is 1. The van der Waals surface area contributed by atoms with Gasteiger partial charge in [0, 0.05) is 30.8 Å². The molecule has 0 saturated carbocycles. The van der Waals surface area contributed by atoms with E-state index in [9.17, 15) is 19.7 Å². The number of nitro benzene ring substituents is 1. The quantitative estimate of drug-likeness (QED) is 0.269. The van der Waals surface area contributed by atoms with Crippen LogP contribution in [-0.4, -0.2) is 42.7 Å². The van der Waals surface area contributed by atoms with Crippen LogP contribution in [0.15, 0.2) is 42.5 Å². The molecular weight excluding hydrogens is 406 g/mol. The lowest BCUT2D eigenvalue weighted by Gasteiger charge is -2.19. The molecule has 0 fully saturated rings. The van der Waals surface area contributed by atoms with Crippen molar-refractivity contribution in [3.63, 3.8) is 0 Å². The molecule has 2 aromatic carbocycles. The number of fused-ring (bicyclic) bond motifs is 1. The van der Waals surface area contributed by atoms with E-state index in [2.05, 4.69) is 10.6 Å². The maximum absolute atomic E-state index is 12.3. The number of amides is 1. The first-order chi connectivity index (χ1) is 14.9. The Hall–Kier alpha value is -3.82. The normalized spacial score (nSPS) is 13.1. The molecule has 0 bridgehead atoms. The Balaban J connectivity index is 1.41. The van der Waals surface area contributed by atoms with Crippen molar-refractivity contribution in [2.75, 3.05) is 30.4 Å². The van der Waals surface area contributed by atoms with Crippen LogP contribution in [0.5, 0.6) is 11.5 Å². The molecular formula is C21H23N3O7. The minimum Gasteiger partial charge on any atom is -0.486 e. The van der Waals surface area contributed by atoms with Crippen LogP contribution in [0.1, 0.15) is 19.8 Å². The predicted octanol–water partition coefficient (Wildman–Crippen LogP) is 3.13. The molecule has 2 N–H and O–H groups in total. The number of carbonyl (C=O) groups is 2. The van der Waals surface area contributed by atoms with Gasteiger partial charge >= 0.3 is 5.97 Å². The maximum atomic E-state index is 12.3. The second-order valence-electron chi connectivity index (χ2n) is 6.78. The van der Waals surface area contributed by atoms with E-state index in [1.165, 1.54) is 13.0 Å². The molecule has 0 aromatic heterocycles. The van der Waals surface area contributed by atoms with Gasteiger partial charge in [0.25, 0.3) is 11.6 Å². The van der Waals surface area contributed by atoms with Crippen LogP contribution < -0.4 is 20.1 Å². The topological polar surface area (TPSA) is 129 Å². The smallest absolute Gasteiger partial charge is 0.306 e. The summed E-state index contributed by atoms with van der Waals surface area (Å²) in [6, 6.07) is 11.3. The number of hydrogen-bond donors (Lipinski definition) is 2. The molecule has 1 aliphatic rings. The molecule has 0 saturated heterocycles. The molecule has 1 heterocycles. The number of nitrogens with one attached hydrogen (secondary N) is 2. The van der Waals surface area contributed by atoms with Crippen LogP contribution in [0, 0.1) is 10.1 Å². The number of para-hydroxylation sites is 2. The number of rotatable bonds is 9. The van der Waals surface area contributed by atoms with Crippen molar-refractivity contribution in [3.05, 3.63) is 52.6 Å². The van der Waals surface area contributed by atoms with Crippen LogP contribution in [0.2, 0.25) is 0 Å². The molecule has 3 rings (SSSR count). The van der Waals surface area contributed by atoms with Crippen LogP contribution in [0.4, 0.5) is 17.1 Å². The van der Waals surface area contributed by atoms with E-state index in [0.29, 0.717) is 49.1 Å². The molecule has 0 unspecified atom stereocenters. The van der Waals surface area contributed by atoms with Crippen molar-refractivity contribution in [1.29, 1.82) is 0 Å². The predicted molar refractivity (Wildman–Crippen MR) is 112 cm³/mol. The zero-order valence-electron chi connectivity index (χ0n) is 17.0. The highest BCUT2D eigenvalue weighted by molar-refractivity contribution is 5.95. The lowest BCUT2D eigenvalue weighted by atomic mass is 10.2. The highest BCUT2D eigenvalue weighted by Crippen LogP contribution is 2.32. The molecule has 1 aliphatic heterocycles.